The lowest BCUT2D eigenvalue weighted by Gasteiger charge is -2.31. The average Bonchev–Trinajstić information content (AvgIpc) is 3.11. The third-order valence-electron chi connectivity index (χ3n) is 4.07. The van der Waals surface area contributed by atoms with Crippen LogP contribution in [0.5, 0.6) is 0 Å². The summed E-state index contributed by atoms with van der Waals surface area (Å²) in [6, 6.07) is 6.05. The maximum Gasteiger partial charge on any atom is 0.243 e. The number of aryl methyl sites for hydroxylation is 1. The Kier molecular flexibility index (Phi) is 5.11. The Morgan fingerprint density at radius 1 is 1.48 bits per heavy atom. The number of morpholine rings is 1. The minimum Gasteiger partial charge on any atom is -0.371 e. The molecule has 0 unspecified atom stereocenters. The fourth-order valence-electron chi connectivity index (χ4n) is 2.66. The second-order valence-electron chi connectivity index (χ2n) is 5.61. The molecule has 1 aliphatic rings. The molecule has 2 heterocycles. The van der Waals surface area contributed by atoms with Gasteiger partial charge < -0.3 is 4.74 Å². The second kappa shape index (κ2) is 7.14. The minimum atomic E-state index is -3.73. The molecule has 1 aromatic carbocycles. The molecule has 1 aliphatic heterocycles. The van der Waals surface area contributed by atoms with Crippen molar-refractivity contribution in [2.24, 2.45) is 0 Å². The topological polar surface area (TPSA) is 88.2 Å². The molecule has 7 nitrogen and oxygen atoms in total. The van der Waals surface area contributed by atoms with E-state index >= 15 is 0 Å². The van der Waals surface area contributed by atoms with E-state index in [4.69, 9.17) is 21.6 Å². The predicted octanol–water partition coefficient (Wildman–Crippen LogP) is 2.19. The summed E-state index contributed by atoms with van der Waals surface area (Å²) in [6.45, 7) is 3.45. The van der Waals surface area contributed by atoms with Crippen molar-refractivity contribution in [2.45, 2.75) is 24.5 Å². The van der Waals surface area contributed by atoms with Crippen LogP contribution < -0.4 is 0 Å². The number of nitrogens with zero attached hydrogens (tertiary/aromatic N) is 4. The lowest BCUT2D eigenvalue weighted by molar-refractivity contribution is -0.00260. The SMILES string of the molecule is CCn1cc([C@H]2CN(S(=O)(=O)c3ccc(Cl)c(C#N)c3)CCO2)cn1. The van der Waals surface area contributed by atoms with Crippen LogP contribution in [0.3, 0.4) is 0 Å². The fourth-order valence-corrected chi connectivity index (χ4v) is 4.28. The monoisotopic (exact) mass is 380 g/mol. The summed E-state index contributed by atoms with van der Waals surface area (Å²) >= 11 is 5.89. The van der Waals surface area contributed by atoms with Crippen molar-refractivity contribution in [1.29, 1.82) is 5.26 Å². The molecule has 0 radical (unpaired) electrons. The summed E-state index contributed by atoms with van der Waals surface area (Å²) < 4.78 is 34.7. The van der Waals surface area contributed by atoms with E-state index in [1.807, 2.05) is 19.2 Å². The number of halogens is 1. The number of hydrogen-bond acceptors (Lipinski definition) is 5. The van der Waals surface area contributed by atoms with Crippen LogP contribution in [0, 0.1) is 11.3 Å². The van der Waals surface area contributed by atoms with Gasteiger partial charge in [-0.1, -0.05) is 11.6 Å². The molecule has 0 bridgehead atoms. The van der Waals surface area contributed by atoms with Crippen LogP contribution in [0.25, 0.3) is 0 Å². The van der Waals surface area contributed by atoms with Gasteiger partial charge in [-0.3, -0.25) is 4.68 Å². The van der Waals surface area contributed by atoms with Crippen molar-refractivity contribution < 1.29 is 13.2 Å². The summed E-state index contributed by atoms with van der Waals surface area (Å²) in [7, 11) is -3.73. The van der Waals surface area contributed by atoms with Gasteiger partial charge in [0.1, 0.15) is 6.07 Å². The molecule has 1 aromatic heterocycles. The molecule has 9 heteroatoms. The number of aromatic nitrogens is 2. The lowest BCUT2D eigenvalue weighted by Crippen LogP contribution is -2.42. The van der Waals surface area contributed by atoms with Gasteiger partial charge in [-0.2, -0.15) is 14.7 Å². The zero-order valence-electron chi connectivity index (χ0n) is 13.6. The van der Waals surface area contributed by atoms with E-state index in [2.05, 4.69) is 5.10 Å². The average molecular weight is 381 g/mol. The molecule has 2 aromatic rings. The molecule has 1 atom stereocenters. The molecule has 1 fully saturated rings. The van der Waals surface area contributed by atoms with Crippen LogP contribution in [0.15, 0.2) is 35.5 Å². The quantitative estimate of drug-likeness (QED) is 0.811. The number of nitriles is 1. The van der Waals surface area contributed by atoms with E-state index < -0.39 is 10.0 Å². The first kappa shape index (κ1) is 17.9. The maximum absolute atomic E-state index is 12.9. The highest BCUT2D eigenvalue weighted by Gasteiger charge is 2.32. The molecule has 25 heavy (non-hydrogen) atoms. The van der Waals surface area contributed by atoms with Crippen LogP contribution >= 0.6 is 11.6 Å². The Labute approximate surface area is 151 Å². The first-order valence-electron chi connectivity index (χ1n) is 7.79. The van der Waals surface area contributed by atoms with Gasteiger partial charge in [0, 0.05) is 31.4 Å². The van der Waals surface area contributed by atoms with Gasteiger partial charge in [-0.15, -0.1) is 0 Å². The van der Waals surface area contributed by atoms with Crippen LogP contribution in [0.2, 0.25) is 5.02 Å². The Morgan fingerprint density at radius 3 is 2.96 bits per heavy atom. The number of rotatable bonds is 4. The number of ether oxygens (including phenoxy) is 1. The minimum absolute atomic E-state index is 0.0540. The molecule has 0 spiro atoms. The van der Waals surface area contributed by atoms with E-state index in [0.717, 1.165) is 12.1 Å². The number of sulfonamides is 1. The van der Waals surface area contributed by atoms with Crippen LogP contribution in [0.1, 0.15) is 24.2 Å². The second-order valence-corrected chi connectivity index (χ2v) is 7.95. The van der Waals surface area contributed by atoms with Crippen LogP contribution in [-0.2, 0) is 21.3 Å². The van der Waals surface area contributed by atoms with Gasteiger partial charge in [-0.25, -0.2) is 8.42 Å². The van der Waals surface area contributed by atoms with Crippen molar-refractivity contribution in [3.63, 3.8) is 0 Å². The molecule has 1 saturated heterocycles. The van der Waals surface area contributed by atoms with E-state index in [0.29, 0.717) is 6.61 Å². The Balaban J connectivity index is 1.86. The molecular formula is C16H17ClN4O3S. The summed E-state index contributed by atoms with van der Waals surface area (Å²) in [4.78, 5) is 0.0540. The highest BCUT2D eigenvalue weighted by atomic mass is 35.5. The third-order valence-corrected chi connectivity index (χ3v) is 6.26. The Hall–Kier alpha value is -1.92. The van der Waals surface area contributed by atoms with Crippen molar-refractivity contribution >= 4 is 21.6 Å². The number of hydrogen-bond donors (Lipinski definition) is 0. The van der Waals surface area contributed by atoms with Gasteiger partial charge >= 0.3 is 0 Å². The van der Waals surface area contributed by atoms with Gasteiger partial charge in [-0.05, 0) is 25.1 Å². The van der Waals surface area contributed by atoms with Crippen molar-refractivity contribution in [2.75, 3.05) is 19.7 Å². The van der Waals surface area contributed by atoms with Gasteiger partial charge in [0.25, 0.3) is 0 Å². The van der Waals surface area contributed by atoms with Gasteiger partial charge in [0.05, 0.1) is 34.4 Å². The van der Waals surface area contributed by atoms with Crippen molar-refractivity contribution in [1.82, 2.24) is 14.1 Å². The normalized spacial score (nSPS) is 18.8. The predicted molar refractivity (Wildman–Crippen MR) is 91.5 cm³/mol. The molecular weight excluding hydrogens is 364 g/mol. The van der Waals surface area contributed by atoms with E-state index in [1.165, 1.54) is 22.5 Å². The highest BCUT2D eigenvalue weighted by Crippen LogP contribution is 2.28. The summed E-state index contributed by atoms with van der Waals surface area (Å²) in [6.07, 6.45) is 3.18. The van der Waals surface area contributed by atoms with Gasteiger partial charge in [0.2, 0.25) is 10.0 Å². The first-order valence-corrected chi connectivity index (χ1v) is 9.61. The summed E-state index contributed by atoms with van der Waals surface area (Å²) in [5.74, 6) is 0. The molecule has 0 aliphatic carbocycles. The standard InChI is InChI=1S/C16H17ClN4O3S/c1-2-20-10-13(9-19-20)16-11-21(5-6-24-16)25(22,23)14-3-4-15(17)12(7-14)8-18/h3-4,7,9-10,16H,2,5-6,11H2,1H3/t16-/m1/s1. The van der Waals surface area contributed by atoms with Crippen molar-refractivity contribution in [3.8, 4) is 6.07 Å². The van der Waals surface area contributed by atoms with E-state index in [-0.39, 0.29) is 34.7 Å². The van der Waals surface area contributed by atoms with E-state index in [9.17, 15) is 8.42 Å². The largest absolute Gasteiger partial charge is 0.371 e. The zero-order valence-corrected chi connectivity index (χ0v) is 15.2. The first-order chi connectivity index (χ1) is 12.0. The molecule has 0 amide bonds. The summed E-state index contributed by atoms with van der Waals surface area (Å²) in [5.41, 5.74) is 0.979. The smallest absolute Gasteiger partial charge is 0.243 e. The Morgan fingerprint density at radius 2 is 2.28 bits per heavy atom. The van der Waals surface area contributed by atoms with Crippen LogP contribution in [0.4, 0.5) is 0 Å². The maximum atomic E-state index is 12.9. The third kappa shape index (κ3) is 3.55. The molecule has 3 rings (SSSR count). The lowest BCUT2D eigenvalue weighted by atomic mass is 10.2. The highest BCUT2D eigenvalue weighted by molar-refractivity contribution is 7.89. The number of benzene rings is 1. The van der Waals surface area contributed by atoms with E-state index in [1.54, 1.807) is 10.9 Å². The zero-order chi connectivity index (χ0) is 18.0. The molecule has 0 N–H and O–H groups in total. The molecule has 0 saturated carbocycles. The van der Waals surface area contributed by atoms with Crippen LogP contribution in [-0.4, -0.2) is 42.2 Å². The fraction of sp³-hybridized carbons (Fsp3) is 0.375. The molecule has 132 valence electrons. The Bertz CT molecular complexity index is 920. The summed E-state index contributed by atoms with van der Waals surface area (Å²) in [5, 5.41) is 13.5. The van der Waals surface area contributed by atoms with Gasteiger partial charge in [0.15, 0.2) is 0 Å². The van der Waals surface area contributed by atoms with Crippen molar-refractivity contribution in [3.05, 3.63) is 46.7 Å².